The molecule has 2 aromatic carbocycles. The third kappa shape index (κ3) is 3.65. The molecule has 0 saturated carbocycles. The second-order valence-electron chi connectivity index (χ2n) is 5.36. The summed E-state index contributed by atoms with van der Waals surface area (Å²) in [5.74, 6) is 0.793. The van der Waals surface area contributed by atoms with Gasteiger partial charge in [-0.1, -0.05) is 36.9 Å². The first-order valence-corrected chi connectivity index (χ1v) is 8.70. The molecule has 2 amide bonds. The molecule has 1 heterocycles. The van der Waals surface area contributed by atoms with E-state index in [9.17, 15) is 9.59 Å². The molecule has 1 aliphatic heterocycles. The number of amides is 2. The van der Waals surface area contributed by atoms with E-state index >= 15 is 0 Å². The van der Waals surface area contributed by atoms with Crippen LogP contribution in [0.5, 0.6) is 11.5 Å². The van der Waals surface area contributed by atoms with Crippen LogP contribution in [0.2, 0.25) is 0 Å². The molecule has 0 aromatic heterocycles. The van der Waals surface area contributed by atoms with Gasteiger partial charge in [0.05, 0.1) is 17.7 Å². The van der Waals surface area contributed by atoms with Gasteiger partial charge in [-0.15, -0.1) is 0 Å². The highest BCUT2D eigenvalue weighted by Crippen LogP contribution is 2.36. The molecule has 0 spiro atoms. The number of ether oxygens (including phenoxy) is 2. The van der Waals surface area contributed by atoms with E-state index < -0.39 is 0 Å². The molecule has 0 unspecified atom stereocenters. The highest BCUT2D eigenvalue weighted by Gasteiger charge is 2.36. The van der Waals surface area contributed by atoms with E-state index in [1.54, 1.807) is 61.7 Å². The topological polar surface area (TPSA) is 55.8 Å². The number of methoxy groups -OCH3 is 1. The molecule has 6 heteroatoms. The summed E-state index contributed by atoms with van der Waals surface area (Å²) in [5, 5.41) is -0.314. The Balaban J connectivity index is 1.87. The molecule has 0 bridgehead atoms. The van der Waals surface area contributed by atoms with Gasteiger partial charge >= 0.3 is 0 Å². The second kappa shape index (κ2) is 7.93. The molecule has 1 saturated heterocycles. The average molecular weight is 367 g/mol. The largest absolute Gasteiger partial charge is 0.493 e. The number of hydrogen-bond acceptors (Lipinski definition) is 5. The molecular formula is C20H17NO4S. The first kappa shape index (κ1) is 17.8. The standard InChI is InChI=1S/C20H17NO4S/c1-3-11-25-16-10-9-14(12-17(16)24-2)13-18-19(22)21(20(23)26-18)15-7-5-4-6-8-15/h3-10,12-13H,1,11H2,2H3/b18-13+. The third-order valence-corrected chi connectivity index (χ3v) is 4.52. The van der Waals surface area contributed by atoms with Crippen LogP contribution >= 0.6 is 11.8 Å². The zero-order valence-corrected chi connectivity index (χ0v) is 15.0. The number of hydrogen-bond donors (Lipinski definition) is 0. The summed E-state index contributed by atoms with van der Waals surface area (Å²) in [6, 6.07) is 14.2. The SMILES string of the molecule is C=CCOc1ccc(/C=C2/SC(=O)N(c3ccccc3)C2=O)cc1OC. The number of para-hydroxylation sites is 1. The van der Waals surface area contributed by atoms with Crippen molar-refractivity contribution in [3.8, 4) is 11.5 Å². The molecule has 0 atom stereocenters. The molecule has 0 N–H and O–H groups in total. The minimum absolute atomic E-state index is 0.314. The summed E-state index contributed by atoms with van der Waals surface area (Å²) >= 11 is 0.916. The van der Waals surface area contributed by atoms with Crippen LogP contribution in [0.15, 0.2) is 66.1 Å². The first-order chi connectivity index (χ1) is 12.6. The van der Waals surface area contributed by atoms with Crippen LogP contribution in [0.1, 0.15) is 5.56 Å². The van der Waals surface area contributed by atoms with Gasteiger partial charge in [0.2, 0.25) is 0 Å². The van der Waals surface area contributed by atoms with Gasteiger partial charge in [-0.2, -0.15) is 0 Å². The molecule has 0 aliphatic carbocycles. The van der Waals surface area contributed by atoms with Crippen LogP contribution in [0.25, 0.3) is 6.08 Å². The number of anilines is 1. The molecule has 1 aliphatic rings. The summed E-state index contributed by atoms with van der Waals surface area (Å²) < 4.78 is 10.8. The molecular weight excluding hydrogens is 350 g/mol. The van der Waals surface area contributed by atoms with Crippen molar-refractivity contribution < 1.29 is 19.1 Å². The molecule has 5 nitrogen and oxygen atoms in total. The van der Waals surface area contributed by atoms with E-state index in [1.807, 2.05) is 6.07 Å². The van der Waals surface area contributed by atoms with E-state index in [1.165, 1.54) is 4.90 Å². The van der Waals surface area contributed by atoms with Crippen molar-refractivity contribution in [1.82, 2.24) is 0 Å². The number of rotatable bonds is 6. The van der Waals surface area contributed by atoms with Gasteiger partial charge in [-0.05, 0) is 47.7 Å². The molecule has 3 rings (SSSR count). The minimum Gasteiger partial charge on any atom is -0.493 e. The van der Waals surface area contributed by atoms with Crippen LogP contribution in [0, 0.1) is 0 Å². The number of benzene rings is 2. The quantitative estimate of drug-likeness (QED) is 0.556. The van der Waals surface area contributed by atoms with Gasteiger partial charge in [-0.3, -0.25) is 9.59 Å². The van der Waals surface area contributed by atoms with Gasteiger partial charge in [0.15, 0.2) is 11.5 Å². The van der Waals surface area contributed by atoms with Crippen molar-refractivity contribution in [2.75, 3.05) is 18.6 Å². The van der Waals surface area contributed by atoms with Crippen molar-refractivity contribution in [1.29, 1.82) is 0 Å². The molecule has 132 valence electrons. The monoisotopic (exact) mass is 367 g/mol. The number of carbonyl (C=O) groups is 2. The maximum absolute atomic E-state index is 12.6. The normalized spacial score (nSPS) is 15.4. The number of thioether (sulfide) groups is 1. The van der Waals surface area contributed by atoms with Crippen molar-refractivity contribution >= 4 is 34.7 Å². The van der Waals surface area contributed by atoms with Crippen LogP contribution in [0.3, 0.4) is 0 Å². The predicted molar refractivity (Wildman–Crippen MR) is 104 cm³/mol. The summed E-state index contributed by atoms with van der Waals surface area (Å²) in [7, 11) is 1.54. The Morgan fingerprint density at radius 3 is 2.58 bits per heavy atom. The van der Waals surface area contributed by atoms with Crippen molar-refractivity contribution in [3.63, 3.8) is 0 Å². The van der Waals surface area contributed by atoms with Gasteiger partial charge in [0.1, 0.15) is 6.61 Å². The lowest BCUT2D eigenvalue weighted by Gasteiger charge is -2.11. The number of imide groups is 1. The summed E-state index contributed by atoms with van der Waals surface area (Å²) in [4.78, 5) is 26.4. The molecule has 26 heavy (non-hydrogen) atoms. The van der Waals surface area contributed by atoms with E-state index in [2.05, 4.69) is 6.58 Å². The zero-order chi connectivity index (χ0) is 18.5. The van der Waals surface area contributed by atoms with Crippen LogP contribution in [0.4, 0.5) is 10.5 Å². The Morgan fingerprint density at radius 2 is 1.88 bits per heavy atom. The van der Waals surface area contributed by atoms with Gasteiger partial charge in [0, 0.05) is 0 Å². The summed E-state index contributed by atoms with van der Waals surface area (Å²) in [6.07, 6.45) is 3.32. The Bertz CT molecular complexity index is 877. The van der Waals surface area contributed by atoms with Gasteiger partial charge in [-0.25, -0.2) is 4.90 Å². The van der Waals surface area contributed by atoms with Crippen LogP contribution in [-0.2, 0) is 4.79 Å². The fourth-order valence-electron chi connectivity index (χ4n) is 2.46. The number of nitrogens with zero attached hydrogens (tertiary/aromatic N) is 1. The zero-order valence-electron chi connectivity index (χ0n) is 14.2. The fraction of sp³-hybridized carbons (Fsp3) is 0.100. The van der Waals surface area contributed by atoms with Crippen LogP contribution in [-0.4, -0.2) is 24.9 Å². The van der Waals surface area contributed by atoms with E-state index in [-0.39, 0.29) is 11.1 Å². The van der Waals surface area contributed by atoms with Gasteiger partial charge in [0.25, 0.3) is 11.1 Å². The summed E-state index contributed by atoms with van der Waals surface area (Å²) in [6.45, 7) is 3.98. The van der Waals surface area contributed by atoms with Crippen molar-refractivity contribution in [2.24, 2.45) is 0 Å². The van der Waals surface area contributed by atoms with Crippen LogP contribution < -0.4 is 14.4 Å². The van der Waals surface area contributed by atoms with E-state index in [4.69, 9.17) is 9.47 Å². The second-order valence-corrected chi connectivity index (χ2v) is 6.36. The molecule has 1 fully saturated rings. The van der Waals surface area contributed by atoms with Crippen molar-refractivity contribution in [3.05, 3.63) is 71.7 Å². The maximum Gasteiger partial charge on any atom is 0.298 e. The first-order valence-electron chi connectivity index (χ1n) is 7.89. The van der Waals surface area contributed by atoms with E-state index in [0.717, 1.165) is 17.3 Å². The Labute approximate surface area is 155 Å². The van der Waals surface area contributed by atoms with Crippen molar-refractivity contribution in [2.45, 2.75) is 0 Å². The highest BCUT2D eigenvalue weighted by molar-refractivity contribution is 8.19. The summed E-state index contributed by atoms with van der Waals surface area (Å²) in [5.41, 5.74) is 1.30. The third-order valence-electron chi connectivity index (χ3n) is 3.65. The van der Waals surface area contributed by atoms with E-state index in [0.29, 0.717) is 28.7 Å². The predicted octanol–water partition coefficient (Wildman–Crippen LogP) is 4.50. The molecule has 0 radical (unpaired) electrons. The Morgan fingerprint density at radius 1 is 1.12 bits per heavy atom. The average Bonchev–Trinajstić information content (AvgIpc) is 2.94. The Kier molecular flexibility index (Phi) is 5.43. The highest BCUT2D eigenvalue weighted by atomic mass is 32.2. The minimum atomic E-state index is -0.336. The maximum atomic E-state index is 12.6. The lowest BCUT2D eigenvalue weighted by Crippen LogP contribution is -2.27. The molecule has 2 aromatic rings. The lowest BCUT2D eigenvalue weighted by molar-refractivity contribution is -0.113. The van der Waals surface area contributed by atoms with Gasteiger partial charge < -0.3 is 9.47 Å². The lowest BCUT2D eigenvalue weighted by atomic mass is 10.2. The number of carbonyl (C=O) groups excluding carboxylic acids is 2. The Hall–Kier alpha value is -2.99. The fourth-order valence-corrected chi connectivity index (χ4v) is 3.30. The smallest absolute Gasteiger partial charge is 0.298 e.